The Labute approximate surface area is 125 Å². The van der Waals surface area contributed by atoms with E-state index in [1.807, 2.05) is 6.07 Å². The van der Waals surface area contributed by atoms with Crippen LogP contribution in [-0.4, -0.2) is 13.2 Å². The molecule has 108 valence electrons. The summed E-state index contributed by atoms with van der Waals surface area (Å²) < 4.78 is 6.05. The van der Waals surface area contributed by atoms with E-state index in [-0.39, 0.29) is 12.1 Å². The van der Waals surface area contributed by atoms with Crippen molar-refractivity contribution in [1.82, 2.24) is 5.32 Å². The largest absolute Gasteiger partial charge is 0.372 e. The Morgan fingerprint density at radius 2 is 1.90 bits per heavy atom. The zero-order chi connectivity index (χ0) is 14.2. The van der Waals surface area contributed by atoms with E-state index in [0.29, 0.717) is 6.61 Å². The number of nitrogens with one attached hydrogen (secondary N) is 1. The van der Waals surface area contributed by atoms with Gasteiger partial charge >= 0.3 is 0 Å². The molecule has 20 heavy (non-hydrogen) atoms. The van der Waals surface area contributed by atoms with Gasteiger partial charge in [-0.25, -0.2) is 0 Å². The van der Waals surface area contributed by atoms with Crippen molar-refractivity contribution in [3.63, 3.8) is 0 Å². The van der Waals surface area contributed by atoms with E-state index in [1.165, 1.54) is 11.1 Å². The van der Waals surface area contributed by atoms with Crippen LogP contribution < -0.4 is 5.32 Å². The molecule has 0 saturated carbocycles. The van der Waals surface area contributed by atoms with Crippen molar-refractivity contribution in [3.8, 4) is 0 Å². The maximum absolute atomic E-state index is 6.05. The van der Waals surface area contributed by atoms with Crippen molar-refractivity contribution in [2.45, 2.75) is 32.4 Å². The predicted octanol–water partition coefficient (Wildman–Crippen LogP) is 4.57. The third kappa shape index (κ3) is 3.92. The summed E-state index contributed by atoms with van der Waals surface area (Å²) >= 11 is 1.74. The molecular weight excluding hydrogens is 266 g/mol. The van der Waals surface area contributed by atoms with Gasteiger partial charge in [-0.05, 0) is 47.8 Å². The molecule has 0 amide bonds. The van der Waals surface area contributed by atoms with Gasteiger partial charge in [0.25, 0.3) is 0 Å². The van der Waals surface area contributed by atoms with Crippen molar-refractivity contribution < 1.29 is 4.74 Å². The van der Waals surface area contributed by atoms with Crippen LogP contribution in [0.5, 0.6) is 0 Å². The van der Waals surface area contributed by atoms with Crippen LogP contribution in [0.2, 0.25) is 0 Å². The van der Waals surface area contributed by atoms with Gasteiger partial charge < -0.3 is 10.1 Å². The molecule has 0 aliphatic rings. The molecule has 1 N–H and O–H groups in total. The van der Waals surface area contributed by atoms with Crippen LogP contribution >= 0.6 is 11.3 Å². The lowest BCUT2D eigenvalue weighted by molar-refractivity contribution is 0.0328. The molecular formula is C17H23NOS. The number of thiophene rings is 1. The highest BCUT2D eigenvalue weighted by Crippen LogP contribution is 2.33. The van der Waals surface area contributed by atoms with Crippen molar-refractivity contribution in [2.75, 3.05) is 13.2 Å². The van der Waals surface area contributed by atoms with Crippen LogP contribution in [0.1, 0.15) is 43.5 Å². The average molecular weight is 289 g/mol. The van der Waals surface area contributed by atoms with Crippen molar-refractivity contribution >= 4 is 11.3 Å². The molecule has 2 nitrogen and oxygen atoms in total. The maximum Gasteiger partial charge on any atom is 0.102 e. The summed E-state index contributed by atoms with van der Waals surface area (Å²) in [7, 11) is 0. The van der Waals surface area contributed by atoms with Crippen LogP contribution in [-0.2, 0) is 4.74 Å². The Balaban J connectivity index is 2.26. The minimum Gasteiger partial charge on any atom is -0.372 e. The summed E-state index contributed by atoms with van der Waals surface area (Å²) in [4.78, 5) is 0. The summed E-state index contributed by atoms with van der Waals surface area (Å²) in [5.74, 6) is 0. The molecule has 0 bridgehead atoms. The minimum absolute atomic E-state index is 0.0577. The van der Waals surface area contributed by atoms with E-state index < -0.39 is 0 Å². The second kappa shape index (κ2) is 8.20. The fraction of sp³-hybridized carbons (Fsp3) is 0.412. The highest BCUT2D eigenvalue weighted by molar-refractivity contribution is 7.07. The normalized spacial score (nSPS) is 14.1. The lowest BCUT2D eigenvalue weighted by Gasteiger charge is -2.28. The van der Waals surface area contributed by atoms with Crippen molar-refractivity contribution in [2.24, 2.45) is 0 Å². The van der Waals surface area contributed by atoms with Crippen LogP contribution in [0, 0.1) is 0 Å². The molecule has 2 rings (SSSR count). The van der Waals surface area contributed by atoms with E-state index in [9.17, 15) is 0 Å². The van der Waals surface area contributed by atoms with Crippen LogP contribution in [0.25, 0.3) is 0 Å². The lowest BCUT2D eigenvalue weighted by atomic mass is 9.97. The Bertz CT molecular complexity index is 469. The Kier molecular flexibility index (Phi) is 6.25. The molecule has 0 radical (unpaired) electrons. The molecule has 0 saturated heterocycles. The molecule has 1 aromatic carbocycles. The standard InChI is InChI=1S/C17H23NOS/c1-3-11-18-16(15-10-12-20-13-15)17(19-4-2)14-8-6-5-7-9-14/h5-10,12-13,16-18H,3-4,11H2,1-2H3. The first-order valence-electron chi connectivity index (χ1n) is 7.28. The second-order valence-electron chi connectivity index (χ2n) is 4.78. The first-order valence-corrected chi connectivity index (χ1v) is 8.23. The minimum atomic E-state index is 0.0577. The Hall–Kier alpha value is -1.16. The first kappa shape index (κ1) is 15.2. The molecule has 0 aliphatic carbocycles. The molecule has 2 atom stereocenters. The monoisotopic (exact) mass is 289 g/mol. The lowest BCUT2D eigenvalue weighted by Crippen LogP contribution is -2.29. The van der Waals surface area contributed by atoms with Gasteiger partial charge in [0, 0.05) is 6.61 Å². The molecule has 0 spiro atoms. The summed E-state index contributed by atoms with van der Waals surface area (Å²) in [6, 6.07) is 12.9. The van der Waals surface area contributed by atoms with Crippen LogP contribution in [0.3, 0.4) is 0 Å². The topological polar surface area (TPSA) is 21.3 Å². The maximum atomic E-state index is 6.05. The number of hydrogen-bond acceptors (Lipinski definition) is 3. The number of benzene rings is 1. The SMILES string of the molecule is CCCNC(c1ccsc1)C(OCC)c1ccccc1. The zero-order valence-corrected chi connectivity index (χ0v) is 13.0. The Morgan fingerprint density at radius 3 is 2.50 bits per heavy atom. The zero-order valence-electron chi connectivity index (χ0n) is 12.2. The van der Waals surface area contributed by atoms with Gasteiger partial charge in [0.2, 0.25) is 0 Å². The van der Waals surface area contributed by atoms with E-state index in [1.54, 1.807) is 11.3 Å². The second-order valence-corrected chi connectivity index (χ2v) is 5.56. The fourth-order valence-corrected chi connectivity index (χ4v) is 3.06. The van der Waals surface area contributed by atoms with Crippen LogP contribution in [0.15, 0.2) is 47.2 Å². The third-order valence-electron chi connectivity index (χ3n) is 3.29. The van der Waals surface area contributed by atoms with E-state index >= 15 is 0 Å². The first-order chi connectivity index (χ1) is 9.86. The molecule has 3 heteroatoms. The smallest absolute Gasteiger partial charge is 0.102 e. The molecule has 0 aliphatic heterocycles. The molecule has 2 aromatic rings. The van der Waals surface area contributed by atoms with Gasteiger partial charge in [0.05, 0.1) is 6.04 Å². The van der Waals surface area contributed by atoms with Gasteiger partial charge in [-0.2, -0.15) is 11.3 Å². The molecule has 1 heterocycles. The molecule has 0 fully saturated rings. The summed E-state index contributed by atoms with van der Waals surface area (Å²) in [6.45, 7) is 5.96. The average Bonchev–Trinajstić information content (AvgIpc) is 3.01. The third-order valence-corrected chi connectivity index (χ3v) is 4.00. The highest BCUT2D eigenvalue weighted by atomic mass is 32.1. The van der Waals surface area contributed by atoms with E-state index in [4.69, 9.17) is 4.74 Å². The van der Waals surface area contributed by atoms with Gasteiger partial charge in [0.1, 0.15) is 6.10 Å². The Morgan fingerprint density at radius 1 is 1.10 bits per heavy atom. The van der Waals surface area contributed by atoms with Crippen molar-refractivity contribution in [1.29, 1.82) is 0 Å². The van der Waals surface area contributed by atoms with E-state index in [2.05, 4.69) is 60.3 Å². The van der Waals surface area contributed by atoms with Gasteiger partial charge in [-0.3, -0.25) is 0 Å². The molecule has 1 aromatic heterocycles. The van der Waals surface area contributed by atoms with Crippen molar-refractivity contribution in [3.05, 3.63) is 58.3 Å². The van der Waals surface area contributed by atoms with E-state index in [0.717, 1.165) is 13.0 Å². The fourth-order valence-electron chi connectivity index (χ4n) is 2.36. The van der Waals surface area contributed by atoms with Gasteiger partial charge in [0.15, 0.2) is 0 Å². The van der Waals surface area contributed by atoms with Gasteiger partial charge in [-0.1, -0.05) is 37.3 Å². The summed E-state index contributed by atoms with van der Waals surface area (Å²) in [5, 5.41) is 7.98. The quantitative estimate of drug-likeness (QED) is 0.769. The predicted molar refractivity (Wildman–Crippen MR) is 86.2 cm³/mol. The number of rotatable bonds is 8. The number of ether oxygens (including phenoxy) is 1. The van der Waals surface area contributed by atoms with Gasteiger partial charge in [-0.15, -0.1) is 0 Å². The summed E-state index contributed by atoms with van der Waals surface area (Å²) in [5.41, 5.74) is 2.54. The van der Waals surface area contributed by atoms with Crippen LogP contribution in [0.4, 0.5) is 0 Å². The number of hydrogen-bond donors (Lipinski definition) is 1. The molecule has 2 unspecified atom stereocenters. The summed E-state index contributed by atoms with van der Waals surface area (Å²) in [6.07, 6.45) is 1.18. The highest BCUT2D eigenvalue weighted by Gasteiger charge is 2.24.